The summed E-state index contributed by atoms with van der Waals surface area (Å²) in [5.74, 6) is 1.88. The largest absolute Gasteiger partial charge is 0.335 e. The summed E-state index contributed by atoms with van der Waals surface area (Å²) in [5, 5.41) is 3.21. The fourth-order valence-corrected chi connectivity index (χ4v) is 1.95. The highest BCUT2D eigenvalue weighted by molar-refractivity contribution is 5.03. The van der Waals surface area contributed by atoms with Crippen LogP contribution < -0.4 is 5.32 Å². The monoisotopic (exact) mass is 165 g/mol. The highest BCUT2D eigenvalue weighted by Gasteiger charge is 2.19. The molecule has 2 heterocycles. The molecule has 0 spiro atoms. The molecular weight excluding hydrogens is 150 g/mol. The summed E-state index contributed by atoms with van der Waals surface area (Å²) in [4.78, 5) is 4.38. The minimum absolute atomic E-state index is 0.624. The van der Waals surface area contributed by atoms with Gasteiger partial charge >= 0.3 is 0 Å². The molecule has 1 N–H and O–H groups in total. The SMILES string of the molecule is CNCC1CCCn2ccnc21. The van der Waals surface area contributed by atoms with E-state index in [0.29, 0.717) is 5.92 Å². The average molecular weight is 165 g/mol. The number of hydrogen-bond donors (Lipinski definition) is 1. The van der Waals surface area contributed by atoms with Crippen LogP contribution >= 0.6 is 0 Å². The van der Waals surface area contributed by atoms with Crippen LogP contribution in [0, 0.1) is 0 Å². The third-order valence-corrected chi connectivity index (χ3v) is 2.51. The van der Waals surface area contributed by atoms with Gasteiger partial charge in [-0.2, -0.15) is 0 Å². The van der Waals surface area contributed by atoms with Gasteiger partial charge in [0.25, 0.3) is 0 Å². The Balaban J connectivity index is 2.19. The molecule has 2 rings (SSSR count). The number of aromatic nitrogens is 2. The van der Waals surface area contributed by atoms with Crippen molar-refractivity contribution in [2.75, 3.05) is 13.6 Å². The number of nitrogens with zero attached hydrogens (tertiary/aromatic N) is 2. The minimum atomic E-state index is 0.624. The molecule has 1 aliphatic heterocycles. The van der Waals surface area contributed by atoms with Crippen LogP contribution in [0.3, 0.4) is 0 Å². The smallest absolute Gasteiger partial charge is 0.113 e. The lowest BCUT2D eigenvalue weighted by molar-refractivity contribution is 0.432. The maximum Gasteiger partial charge on any atom is 0.113 e. The van der Waals surface area contributed by atoms with Crippen LogP contribution in [0.1, 0.15) is 24.6 Å². The first kappa shape index (κ1) is 7.80. The van der Waals surface area contributed by atoms with Gasteiger partial charge in [-0.15, -0.1) is 0 Å². The standard InChI is InChI=1S/C9H15N3/c1-10-7-8-3-2-5-12-6-4-11-9(8)12/h4,6,8,10H,2-3,5,7H2,1H3. The molecule has 0 radical (unpaired) electrons. The molecule has 0 saturated carbocycles. The Labute approximate surface area is 72.8 Å². The molecular formula is C9H15N3. The normalized spacial score (nSPS) is 22.2. The van der Waals surface area contributed by atoms with Gasteiger partial charge < -0.3 is 9.88 Å². The van der Waals surface area contributed by atoms with Gasteiger partial charge in [0.1, 0.15) is 5.82 Å². The van der Waals surface area contributed by atoms with Gasteiger partial charge in [-0.1, -0.05) is 0 Å². The fourth-order valence-electron chi connectivity index (χ4n) is 1.95. The predicted molar refractivity (Wildman–Crippen MR) is 48.1 cm³/mol. The molecule has 1 unspecified atom stereocenters. The maximum absolute atomic E-state index is 4.38. The molecule has 0 fully saturated rings. The molecule has 0 aromatic carbocycles. The Morgan fingerprint density at radius 2 is 2.67 bits per heavy atom. The van der Waals surface area contributed by atoms with Crippen molar-refractivity contribution in [3.8, 4) is 0 Å². The van der Waals surface area contributed by atoms with E-state index in [4.69, 9.17) is 0 Å². The molecule has 0 bridgehead atoms. The summed E-state index contributed by atoms with van der Waals surface area (Å²) in [6.07, 6.45) is 6.55. The number of likely N-dealkylation sites (N-methyl/N-ethyl adjacent to an activating group) is 1. The fraction of sp³-hybridized carbons (Fsp3) is 0.667. The Bertz CT molecular complexity index is 254. The van der Waals surface area contributed by atoms with E-state index in [1.807, 2.05) is 13.2 Å². The number of hydrogen-bond acceptors (Lipinski definition) is 2. The second-order valence-electron chi connectivity index (χ2n) is 3.38. The van der Waals surface area contributed by atoms with E-state index in [9.17, 15) is 0 Å². The molecule has 3 heteroatoms. The van der Waals surface area contributed by atoms with Gasteiger partial charge in [0.2, 0.25) is 0 Å². The van der Waals surface area contributed by atoms with Gasteiger partial charge in [-0.05, 0) is 19.9 Å². The molecule has 3 nitrogen and oxygen atoms in total. The summed E-state index contributed by atoms with van der Waals surface area (Å²) < 4.78 is 2.27. The molecule has 0 saturated heterocycles. The van der Waals surface area contributed by atoms with Crippen molar-refractivity contribution in [1.82, 2.24) is 14.9 Å². The highest BCUT2D eigenvalue weighted by Crippen LogP contribution is 2.24. The van der Waals surface area contributed by atoms with E-state index in [1.54, 1.807) is 0 Å². The lowest BCUT2D eigenvalue weighted by Crippen LogP contribution is -2.24. The summed E-state index contributed by atoms with van der Waals surface area (Å²) >= 11 is 0. The minimum Gasteiger partial charge on any atom is -0.335 e. The first-order valence-corrected chi connectivity index (χ1v) is 4.57. The molecule has 1 atom stereocenters. The second-order valence-corrected chi connectivity index (χ2v) is 3.38. The molecule has 1 aromatic heterocycles. The number of aryl methyl sites for hydroxylation is 1. The third kappa shape index (κ3) is 1.25. The van der Waals surface area contributed by atoms with Crippen LogP contribution in [0.5, 0.6) is 0 Å². The van der Waals surface area contributed by atoms with Crippen molar-refractivity contribution in [3.63, 3.8) is 0 Å². The van der Waals surface area contributed by atoms with Crippen molar-refractivity contribution in [2.24, 2.45) is 0 Å². The van der Waals surface area contributed by atoms with Crippen molar-refractivity contribution in [1.29, 1.82) is 0 Å². The first-order valence-electron chi connectivity index (χ1n) is 4.57. The summed E-state index contributed by atoms with van der Waals surface area (Å²) in [6, 6.07) is 0. The molecule has 66 valence electrons. The number of fused-ring (bicyclic) bond motifs is 1. The summed E-state index contributed by atoms with van der Waals surface area (Å²) in [6.45, 7) is 2.20. The van der Waals surface area contributed by atoms with E-state index < -0.39 is 0 Å². The quantitative estimate of drug-likeness (QED) is 0.708. The number of nitrogens with one attached hydrogen (secondary N) is 1. The first-order chi connectivity index (χ1) is 5.92. The maximum atomic E-state index is 4.38. The predicted octanol–water partition coefficient (Wildman–Crippen LogP) is 0.980. The van der Waals surface area contributed by atoms with Crippen LogP contribution in [0.15, 0.2) is 12.4 Å². The van der Waals surface area contributed by atoms with Crippen LogP contribution in [0.4, 0.5) is 0 Å². The molecule has 1 aliphatic rings. The van der Waals surface area contributed by atoms with Crippen molar-refractivity contribution in [2.45, 2.75) is 25.3 Å². The molecule has 0 amide bonds. The van der Waals surface area contributed by atoms with Gasteiger partial charge in [0, 0.05) is 31.4 Å². The number of rotatable bonds is 2. The Hall–Kier alpha value is -0.830. The Kier molecular flexibility index (Phi) is 2.13. The average Bonchev–Trinajstić information content (AvgIpc) is 2.53. The molecule has 1 aromatic rings. The van der Waals surface area contributed by atoms with Crippen LogP contribution in [-0.4, -0.2) is 23.1 Å². The third-order valence-electron chi connectivity index (χ3n) is 2.51. The van der Waals surface area contributed by atoms with Crippen molar-refractivity contribution in [3.05, 3.63) is 18.2 Å². The van der Waals surface area contributed by atoms with Gasteiger partial charge in [0.05, 0.1) is 0 Å². The zero-order chi connectivity index (χ0) is 8.39. The van der Waals surface area contributed by atoms with Crippen LogP contribution in [0.25, 0.3) is 0 Å². The second kappa shape index (κ2) is 3.27. The Morgan fingerprint density at radius 3 is 3.50 bits per heavy atom. The molecule has 12 heavy (non-hydrogen) atoms. The van der Waals surface area contributed by atoms with Crippen molar-refractivity contribution < 1.29 is 0 Å². The summed E-state index contributed by atoms with van der Waals surface area (Å²) in [5.41, 5.74) is 0. The summed E-state index contributed by atoms with van der Waals surface area (Å²) in [7, 11) is 2.00. The Morgan fingerprint density at radius 1 is 1.75 bits per heavy atom. The topological polar surface area (TPSA) is 29.9 Å². The van der Waals surface area contributed by atoms with Crippen molar-refractivity contribution >= 4 is 0 Å². The van der Waals surface area contributed by atoms with Gasteiger partial charge in [-0.3, -0.25) is 0 Å². The van der Waals surface area contributed by atoms with E-state index in [0.717, 1.165) is 13.1 Å². The van der Waals surface area contributed by atoms with E-state index in [-0.39, 0.29) is 0 Å². The lowest BCUT2D eigenvalue weighted by atomic mass is 9.99. The molecule has 0 aliphatic carbocycles. The number of imidazole rings is 1. The zero-order valence-corrected chi connectivity index (χ0v) is 7.45. The van der Waals surface area contributed by atoms with Crippen LogP contribution in [-0.2, 0) is 6.54 Å². The van der Waals surface area contributed by atoms with Gasteiger partial charge in [0.15, 0.2) is 0 Å². The van der Waals surface area contributed by atoms with E-state index in [2.05, 4.69) is 21.1 Å². The van der Waals surface area contributed by atoms with E-state index in [1.165, 1.54) is 18.7 Å². The lowest BCUT2D eigenvalue weighted by Gasteiger charge is -2.22. The van der Waals surface area contributed by atoms with Crippen LogP contribution in [0.2, 0.25) is 0 Å². The zero-order valence-electron chi connectivity index (χ0n) is 7.45. The van der Waals surface area contributed by atoms with E-state index >= 15 is 0 Å². The highest BCUT2D eigenvalue weighted by atomic mass is 15.1. The van der Waals surface area contributed by atoms with Gasteiger partial charge in [-0.25, -0.2) is 4.98 Å².